The number of amides is 2. The number of aliphatic carboxylic acids is 1. The van der Waals surface area contributed by atoms with Crippen LogP contribution in [0.2, 0.25) is 0 Å². The second-order valence-electron chi connectivity index (χ2n) is 4.72. The van der Waals surface area contributed by atoms with Gasteiger partial charge in [-0.1, -0.05) is 0 Å². The van der Waals surface area contributed by atoms with Crippen LogP contribution in [0.15, 0.2) is 22.7 Å². The molecule has 2 amide bonds. The molecule has 114 valence electrons. The SMILES string of the molecule is CN(C(=O)Nc1ccc(Br)c(F)c1)C1COCC1C(=O)O. The Balaban J connectivity index is 2.05. The van der Waals surface area contributed by atoms with E-state index in [0.29, 0.717) is 10.2 Å². The molecule has 0 radical (unpaired) electrons. The van der Waals surface area contributed by atoms with Crippen molar-refractivity contribution in [2.75, 3.05) is 25.6 Å². The number of hydrogen-bond acceptors (Lipinski definition) is 3. The maximum Gasteiger partial charge on any atom is 0.321 e. The lowest BCUT2D eigenvalue weighted by Gasteiger charge is -2.26. The molecule has 2 unspecified atom stereocenters. The first kappa shape index (κ1) is 15.7. The van der Waals surface area contributed by atoms with Crippen LogP contribution in [0.4, 0.5) is 14.9 Å². The maximum atomic E-state index is 13.4. The fourth-order valence-electron chi connectivity index (χ4n) is 2.10. The Hall–Kier alpha value is -1.67. The van der Waals surface area contributed by atoms with Gasteiger partial charge in [0.1, 0.15) is 11.7 Å². The van der Waals surface area contributed by atoms with Crippen LogP contribution in [0.3, 0.4) is 0 Å². The number of carbonyl (C=O) groups excluding carboxylic acids is 1. The highest BCUT2D eigenvalue weighted by Gasteiger charge is 2.38. The third kappa shape index (κ3) is 3.51. The molecule has 1 saturated heterocycles. The number of carboxylic acid groups (broad SMARTS) is 1. The summed E-state index contributed by atoms with van der Waals surface area (Å²) in [4.78, 5) is 24.5. The van der Waals surface area contributed by atoms with Gasteiger partial charge < -0.3 is 20.1 Å². The molecule has 1 aliphatic rings. The summed E-state index contributed by atoms with van der Waals surface area (Å²) in [7, 11) is 1.49. The fourth-order valence-corrected chi connectivity index (χ4v) is 2.34. The minimum Gasteiger partial charge on any atom is -0.481 e. The number of carbonyl (C=O) groups is 2. The van der Waals surface area contributed by atoms with Crippen LogP contribution < -0.4 is 5.32 Å². The summed E-state index contributed by atoms with van der Waals surface area (Å²) in [6, 6.07) is 3.12. The third-order valence-electron chi connectivity index (χ3n) is 3.36. The third-order valence-corrected chi connectivity index (χ3v) is 4.00. The van der Waals surface area contributed by atoms with Gasteiger partial charge in [-0.3, -0.25) is 4.79 Å². The van der Waals surface area contributed by atoms with Crippen LogP contribution in [-0.2, 0) is 9.53 Å². The van der Waals surface area contributed by atoms with E-state index in [0.717, 1.165) is 0 Å². The highest BCUT2D eigenvalue weighted by atomic mass is 79.9. The summed E-state index contributed by atoms with van der Waals surface area (Å²) in [6.07, 6.45) is 0. The van der Waals surface area contributed by atoms with Gasteiger partial charge in [0.05, 0.1) is 23.7 Å². The Kier molecular flexibility index (Phi) is 4.79. The molecule has 0 aliphatic carbocycles. The van der Waals surface area contributed by atoms with Gasteiger partial charge in [-0.15, -0.1) is 0 Å². The molecule has 1 aromatic rings. The number of nitrogens with one attached hydrogen (secondary N) is 1. The molecule has 21 heavy (non-hydrogen) atoms. The Labute approximate surface area is 129 Å². The molecule has 0 aromatic heterocycles. The average molecular weight is 361 g/mol. The van der Waals surface area contributed by atoms with E-state index in [4.69, 9.17) is 9.84 Å². The summed E-state index contributed by atoms with van der Waals surface area (Å²) in [5.74, 6) is -2.27. The molecule has 1 aliphatic heterocycles. The van der Waals surface area contributed by atoms with E-state index < -0.39 is 29.8 Å². The molecule has 8 heteroatoms. The fraction of sp³-hybridized carbons (Fsp3) is 0.385. The Bertz CT molecular complexity index is 569. The van der Waals surface area contributed by atoms with Crippen molar-refractivity contribution in [3.8, 4) is 0 Å². The van der Waals surface area contributed by atoms with E-state index in [1.54, 1.807) is 6.07 Å². The number of anilines is 1. The minimum atomic E-state index is -1.01. The largest absolute Gasteiger partial charge is 0.481 e. The van der Waals surface area contributed by atoms with E-state index >= 15 is 0 Å². The molecule has 1 aromatic carbocycles. The molecule has 1 heterocycles. The second-order valence-corrected chi connectivity index (χ2v) is 5.57. The summed E-state index contributed by atoms with van der Waals surface area (Å²) >= 11 is 3.02. The van der Waals surface area contributed by atoms with Gasteiger partial charge in [-0.25, -0.2) is 9.18 Å². The molecule has 2 atom stereocenters. The Morgan fingerprint density at radius 1 is 1.48 bits per heavy atom. The number of hydrogen-bond donors (Lipinski definition) is 2. The van der Waals surface area contributed by atoms with E-state index in [1.165, 1.54) is 24.1 Å². The van der Waals surface area contributed by atoms with Crippen LogP contribution in [0.1, 0.15) is 0 Å². The average Bonchev–Trinajstić information content (AvgIpc) is 2.91. The van der Waals surface area contributed by atoms with Crippen LogP contribution >= 0.6 is 15.9 Å². The second kappa shape index (κ2) is 6.40. The van der Waals surface area contributed by atoms with E-state index in [2.05, 4.69) is 21.2 Å². The molecule has 2 rings (SSSR count). The summed E-state index contributed by atoms with van der Waals surface area (Å²) in [5.41, 5.74) is 0.290. The van der Waals surface area contributed by atoms with E-state index in [9.17, 15) is 14.0 Å². The summed E-state index contributed by atoms with van der Waals surface area (Å²) in [5, 5.41) is 11.6. The van der Waals surface area contributed by atoms with Gasteiger partial charge in [0.2, 0.25) is 0 Å². The normalized spacial score (nSPS) is 21.1. The first-order chi connectivity index (χ1) is 9.90. The molecule has 0 bridgehead atoms. The molecule has 0 saturated carbocycles. The number of benzene rings is 1. The van der Waals surface area contributed by atoms with Crippen molar-refractivity contribution in [3.05, 3.63) is 28.5 Å². The Morgan fingerprint density at radius 2 is 2.19 bits per heavy atom. The van der Waals surface area contributed by atoms with Crippen molar-refractivity contribution in [1.82, 2.24) is 4.90 Å². The zero-order chi connectivity index (χ0) is 15.6. The van der Waals surface area contributed by atoms with Crippen LogP contribution in [-0.4, -0.2) is 48.3 Å². The molecule has 6 nitrogen and oxygen atoms in total. The molecular formula is C13H14BrFN2O4. The van der Waals surface area contributed by atoms with Gasteiger partial charge in [-0.2, -0.15) is 0 Å². The maximum absolute atomic E-state index is 13.4. The molecule has 2 N–H and O–H groups in total. The zero-order valence-electron chi connectivity index (χ0n) is 11.2. The number of nitrogens with zero attached hydrogens (tertiary/aromatic N) is 1. The first-order valence-electron chi connectivity index (χ1n) is 6.19. The van der Waals surface area contributed by atoms with Crippen LogP contribution in [0, 0.1) is 11.7 Å². The zero-order valence-corrected chi connectivity index (χ0v) is 12.8. The van der Waals surface area contributed by atoms with Gasteiger partial charge in [0.15, 0.2) is 0 Å². The monoisotopic (exact) mass is 360 g/mol. The minimum absolute atomic E-state index is 0.0739. The molecular weight excluding hydrogens is 347 g/mol. The summed E-state index contributed by atoms with van der Waals surface area (Å²) in [6.45, 7) is 0.236. The lowest BCUT2D eigenvalue weighted by molar-refractivity contribution is -0.142. The van der Waals surface area contributed by atoms with Gasteiger partial charge in [0, 0.05) is 12.7 Å². The number of urea groups is 1. The van der Waals surface area contributed by atoms with Crippen molar-refractivity contribution in [1.29, 1.82) is 0 Å². The smallest absolute Gasteiger partial charge is 0.321 e. The number of rotatable bonds is 3. The van der Waals surface area contributed by atoms with Gasteiger partial charge >= 0.3 is 12.0 Å². The van der Waals surface area contributed by atoms with Crippen molar-refractivity contribution in [2.24, 2.45) is 5.92 Å². The number of ether oxygens (including phenoxy) is 1. The first-order valence-corrected chi connectivity index (χ1v) is 6.99. The predicted octanol–water partition coefficient (Wildman–Crippen LogP) is 2.15. The van der Waals surface area contributed by atoms with Gasteiger partial charge in [-0.05, 0) is 34.1 Å². The topological polar surface area (TPSA) is 78.9 Å². The lowest BCUT2D eigenvalue weighted by atomic mass is 10.0. The number of carboxylic acids is 1. The number of likely N-dealkylation sites (N-methyl/N-ethyl adjacent to an activating group) is 1. The van der Waals surface area contributed by atoms with Crippen molar-refractivity contribution >= 4 is 33.6 Å². The van der Waals surface area contributed by atoms with Crippen molar-refractivity contribution in [2.45, 2.75) is 6.04 Å². The lowest BCUT2D eigenvalue weighted by Crippen LogP contribution is -2.45. The quantitative estimate of drug-likeness (QED) is 0.865. The molecule has 0 spiro atoms. The van der Waals surface area contributed by atoms with Crippen LogP contribution in [0.5, 0.6) is 0 Å². The van der Waals surface area contributed by atoms with Crippen LogP contribution in [0.25, 0.3) is 0 Å². The highest BCUT2D eigenvalue weighted by Crippen LogP contribution is 2.22. The van der Waals surface area contributed by atoms with Gasteiger partial charge in [0.25, 0.3) is 0 Å². The standard InChI is InChI=1S/C13H14BrFN2O4/c1-17(11-6-21-5-8(11)12(18)19)13(20)16-7-2-3-9(14)10(15)4-7/h2-4,8,11H,5-6H2,1H3,(H,16,20)(H,18,19). The summed E-state index contributed by atoms with van der Waals surface area (Å²) < 4.78 is 18.8. The number of halogens is 2. The predicted molar refractivity (Wildman–Crippen MR) is 76.6 cm³/mol. The van der Waals surface area contributed by atoms with E-state index in [-0.39, 0.29) is 13.2 Å². The highest BCUT2D eigenvalue weighted by molar-refractivity contribution is 9.10. The van der Waals surface area contributed by atoms with Crippen molar-refractivity contribution in [3.63, 3.8) is 0 Å². The van der Waals surface area contributed by atoms with Crippen molar-refractivity contribution < 1.29 is 23.8 Å². The van der Waals surface area contributed by atoms with E-state index in [1.807, 2.05) is 0 Å². The molecule has 1 fully saturated rings. The Morgan fingerprint density at radius 3 is 2.81 bits per heavy atom.